The fourth-order valence-corrected chi connectivity index (χ4v) is 1.96. The van der Waals surface area contributed by atoms with Crippen LogP contribution in [0.5, 0.6) is 0 Å². The first kappa shape index (κ1) is 12.9. The first-order valence-corrected chi connectivity index (χ1v) is 5.83. The molecule has 0 saturated carbocycles. The first-order chi connectivity index (χ1) is 8.49. The SMILES string of the molecule is CC(=O)N1CC=NC1=Nc1c(Cl)nc(C)nc1Cl. The van der Waals surface area contributed by atoms with Crippen LogP contribution in [-0.4, -0.2) is 39.5 Å². The molecule has 0 spiro atoms. The Morgan fingerprint density at radius 1 is 1.39 bits per heavy atom. The van der Waals surface area contributed by atoms with Gasteiger partial charge in [0.2, 0.25) is 11.9 Å². The van der Waals surface area contributed by atoms with Gasteiger partial charge in [0.15, 0.2) is 10.3 Å². The van der Waals surface area contributed by atoms with Gasteiger partial charge in [-0.25, -0.2) is 20.0 Å². The highest BCUT2D eigenvalue weighted by Crippen LogP contribution is 2.30. The highest BCUT2D eigenvalue weighted by molar-refractivity contribution is 6.37. The number of carbonyl (C=O) groups excluding carboxylic acids is 1. The molecule has 8 heteroatoms. The van der Waals surface area contributed by atoms with Gasteiger partial charge in [-0.1, -0.05) is 23.2 Å². The summed E-state index contributed by atoms with van der Waals surface area (Å²) in [5.74, 6) is 0.526. The highest BCUT2D eigenvalue weighted by Gasteiger charge is 2.20. The molecule has 2 heterocycles. The number of aromatic nitrogens is 2. The zero-order chi connectivity index (χ0) is 13.3. The second-order valence-electron chi connectivity index (χ2n) is 3.55. The number of aryl methyl sites for hydroxylation is 1. The van der Waals surface area contributed by atoms with Crippen LogP contribution in [0.1, 0.15) is 12.7 Å². The van der Waals surface area contributed by atoms with Crippen molar-refractivity contribution >= 4 is 47.0 Å². The van der Waals surface area contributed by atoms with E-state index in [0.29, 0.717) is 12.4 Å². The molecule has 0 fully saturated rings. The summed E-state index contributed by atoms with van der Waals surface area (Å²) in [4.78, 5) is 28.8. The number of rotatable bonds is 1. The minimum absolute atomic E-state index is 0.130. The Balaban J connectivity index is 2.45. The van der Waals surface area contributed by atoms with Gasteiger partial charge >= 0.3 is 0 Å². The Kier molecular flexibility index (Phi) is 3.58. The van der Waals surface area contributed by atoms with Crippen molar-refractivity contribution in [2.75, 3.05) is 6.54 Å². The van der Waals surface area contributed by atoms with Crippen molar-refractivity contribution in [3.05, 3.63) is 16.1 Å². The van der Waals surface area contributed by atoms with Gasteiger partial charge in [0, 0.05) is 13.1 Å². The van der Waals surface area contributed by atoms with Crippen LogP contribution in [-0.2, 0) is 4.79 Å². The molecule has 94 valence electrons. The highest BCUT2D eigenvalue weighted by atomic mass is 35.5. The molecule has 0 N–H and O–H groups in total. The van der Waals surface area contributed by atoms with Crippen molar-refractivity contribution in [3.63, 3.8) is 0 Å². The summed E-state index contributed by atoms with van der Waals surface area (Å²) >= 11 is 11.9. The van der Waals surface area contributed by atoms with Gasteiger partial charge in [0.25, 0.3) is 0 Å². The molecular formula is C10H9Cl2N5O. The van der Waals surface area contributed by atoms with Gasteiger partial charge in [0.1, 0.15) is 11.5 Å². The van der Waals surface area contributed by atoms with E-state index in [1.54, 1.807) is 13.1 Å². The molecule has 18 heavy (non-hydrogen) atoms. The summed E-state index contributed by atoms with van der Waals surface area (Å²) < 4.78 is 0. The normalized spacial score (nSPS) is 16.7. The molecule has 0 unspecified atom stereocenters. The van der Waals surface area contributed by atoms with Crippen molar-refractivity contribution in [1.29, 1.82) is 0 Å². The lowest BCUT2D eigenvalue weighted by molar-refractivity contribution is -0.124. The maximum Gasteiger partial charge on any atom is 0.232 e. The Labute approximate surface area is 113 Å². The molecule has 2 rings (SSSR count). The molecule has 1 aromatic rings. The van der Waals surface area contributed by atoms with E-state index in [1.165, 1.54) is 11.8 Å². The smallest absolute Gasteiger partial charge is 0.232 e. The molecule has 0 aliphatic carbocycles. The molecule has 1 amide bonds. The zero-order valence-electron chi connectivity index (χ0n) is 9.68. The third-order valence-corrected chi connectivity index (χ3v) is 2.74. The van der Waals surface area contributed by atoms with Crippen LogP contribution in [0.15, 0.2) is 9.98 Å². The number of guanidine groups is 1. The maximum absolute atomic E-state index is 11.3. The Morgan fingerprint density at radius 3 is 2.56 bits per heavy atom. The monoisotopic (exact) mass is 285 g/mol. The Bertz CT molecular complexity index is 546. The second-order valence-corrected chi connectivity index (χ2v) is 4.27. The van der Waals surface area contributed by atoms with Crippen molar-refractivity contribution < 1.29 is 4.79 Å². The van der Waals surface area contributed by atoms with Gasteiger partial charge in [-0.05, 0) is 6.92 Å². The predicted molar refractivity (Wildman–Crippen MR) is 69.8 cm³/mol. The fourth-order valence-electron chi connectivity index (χ4n) is 1.41. The van der Waals surface area contributed by atoms with Crippen molar-refractivity contribution in [3.8, 4) is 0 Å². The largest absolute Gasteiger partial charge is 0.275 e. The minimum atomic E-state index is -0.161. The van der Waals surface area contributed by atoms with Crippen LogP contribution in [0.2, 0.25) is 10.3 Å². The molecule has 0 radical (unpaired) electrons. The standard InChI is InChI=1S/C10H9Cl2N5O/c1-5-14-8(11)7(9(12)15-5)16-10-13-3-4-17(10)6(2)18/h3H,4H2,1-2H3. The first-order valence-electron chi connectivity index (χ1n) is 5.08. The minimum Gasteiger partial charge on any atom is -0.275 e. The quantitative estimate of drug-likeness (QED) is 0.741. The summed E-state index contributed by atoms with van der Waals surface area (Å²) in [7, 11) is 0. The Hall–Kier alpha value is -1.53. The third kappa shape index (κ3) is 2.49. The number of hydrogen-bond donors (Lipinski definition) is 0. The van der Waals surface area contributed by atoms with Crippen molar-refractivity contribution in [2.45, 2.75) is 13.8 Å². The van der Waals surface area contributed by atoms with Crippen LogP contribution < -0.4 is 0 Å². The van der Waals surface area contributed by atoms with Gasteiger partial charge in [-0.3, -0.25) is 9.69 Å². The zero-order valence-corrected chi connectivity index (χ0v) is 11.2. The molecular weight excluding hydrogens is 277 g/mol. The molecule has 1 aromatic heterocycles. The van der Waals surface area contributed by atoms with E-state index < -0.39 is 0 Å². The lowest BCUT2D eigenvalue weighted by Gasteiger charge is -2.12. The average molecular weight is 286 g/mol. The third-order valence-electron chi connectivity index (χ3n) is 2.22. The molecule has 0 aromatic carbocycles. The van der Waals surface area contributed by atoms with Gasteiger partial charge in [-0.2, -0.15) is 0 Å². The number of aliphatic imine (C=N–C) groups is 2. The number of carbonyl (C=O) groups is 1. The van der Waals surface area contributed by atoms with Crippen molar-refractivity contribution in [2.24, 2.45) is 9.98 Å². The van der Waals surface area contributed by atoms with E-state index in [2.05, 4.69) is 20.0 Å². The van der Waals surface area contributed by atoms with E-state index in [-0.39, 0.29) is 27.9 Å². The van der Waals surface area contributed by atoms with Gasteiger partial charge in [0.05, 0.1) is 6.54 Å². The molecule has 0 bridgehead atoms. The molecule has 0 atom stereocenters. The summed E-state index contributed by atoms with van der Waals surface area (Å²) in [5, 5.41) is 0.260. The number of nitrogens with zero attached hydrogens (tertiary/aromatic N) is 5. The number of amides is 1. The van der Waals surface area contributed by atoms with Gasteiger partial charge < -0.3 is 0 Å². The van der Waals surface area contributed by atoms with E-state index in [1.807, 2.05) is 0 Å². The van der Waals surface area contributed by atoms with Gasteiger partial charge in [-0.15, -0.1) is 0 Å². The van der Waals surface area contributed by atoms with Crippen LogP contribution in [0.3, 0.4) is 0 Å². The van der Waals surface area contributed by atoms with E-state index in [0.717, 1.165) is 0 Å². The molecule has 1 aliphatic rings. The summed E-state index contributed by atoms with van der Waals surface area (Å²) in [6, 6.07) is 0. The fraction of sp³-hybridized carbons (Fsp3) is 0.300. The molecule has 1 aliphatic heterocycles. The summed E-state index contributed by atoms with van der Waals surface area (Å²) in [6.07, 6.45) is 1.58. The average Bonchev–Trinajstić information content (AvgIpc) is 2.71. The lowest BCUT2D eigenvalue weighted by atomic mass is 10.5. The number of halogens is 2. The van der Waals surface area contributed by atoms with E-state index in [4.69, 9.17) is 23.2 Å². The lowest BCUT2D eigenvalue weighted by Crippen LogP contribution is -2.30. The van der Waals surface area contributed by atoms with E-state index in [9.17, 15) is 4.79 Å². The van der Waals surface area contributed by atoms with Crippen LogP contribution in [0, 0.1) is 6.92 Å². The molecule has 6 nitrogen and oxygen atoms in total. The van der Waals surface area contributed by atoms with Crippen LogP contribution >= 0.6 is 23.2 Å². The van der Waals surface area contributed by atoms with E-state index >= 15 is 0 Å². The second kappa shape index (κ2) is 4.99. The Morgan fingerprint density at radius 2 is 2.00 bits per heavy atom. The predicted octanol–water partition coefficient (Wildman–Crippen LogP) is 2.01. The topological polar surface area (TPSA) is 70.8 Å². The summed E-state index contributed by atoms with van der Waals surface area (Å²) in [5.41, 5.74) is 0.212. The number of hydrogen-bond acceptors (Lipinski definition) is 4. The molecule has 0 saturated heterocycles. The summed E-state index contributed by atoms with van der Waals surface area (Å²) in [6.45, 7) is 3.49. The maximum atomic E-state index is 11.3. The van der Waals surface area contributed by atoms with Crippen molar-refractivity contribution in [1.82, 2.24) is 14.9 Å². The van der Waals surface area contributed by atoms with Crippen LogP contribution in [0.4, 0.5) is 5.69 Å². The van der Waals surface area contributed by atoms with Crippen LogP contribution in [0.25, 0.3) is 0 Å².